The number of hydrogen-bond acceptors (Lipinski definition) is 4. The van der Waals surface area contributed by atoms with Gasteiger partial charge in [-0.15, -0.1) is 0 Å². The maximum absolute atomic E-state index is 14.2. The molecule has 0 bridgehead atoms. The van der Waals surface area contributed by atoms with Crippen molar-refractivity contribution in [3.63, 3.8) is 0 Å². The molecular formula is C26H18ClF7N4O2. The van der Waals surface area contributed by atoms with Crippen LogP contribution in [0.2, 0.25) is 5.02 Å². The number of alkyl halides is 5. The molecule has 0 saturated heterocycles. The summed E-state index contributed by atoms with van der Waals surface area (Å²) in [6, 6.07) is 5.07. The normalized spacial score (nSPS) is 16.0. The summed E-state index contributed by atoms with van der Waals surface area (Å²) in [5.74, 6) is -2.66. The fourth-order valence-electron chi connectivity index (χ4n) is 4.84. The van der Waals surface area contributed by atoms with Crippen molar-refractivity contribution in [2.45, 2.75) is 31.3 Å². The lowest BCUT2D eigenvalue weighted by Gasteiger charge is -2.22. The second kappa shape index (κ2) is 9.97. The van der Waals surface area contributed by atoms with Crippen molar-refractivity contribution in [2.75, 3.05) is 5.32 Å². The van der Waals surface area contributed by atoms with E-state index < -0.39 is 60.0 Å². The van der Waals surface area contributed by atoms with Crippen LogP contribution in [0.3, 0.4) is 0 Å². The van der Waals surface area contributed by atoms with E-state index in [-0.39, 0.29) is 50.1 Å². The number of aliphatic hydroxyl groups is 1. The molecule has 2 unspecified atom stereocenters. The molecule has 6 nitrogen and oxygen atoms in total. The lowest BCUT2D eigenvalue weighted by molar-refractivity contribution is -0.137. The Balaban J connectivity index is 1.72. The van der Waals surface area contributed by atoms with Crippen LogP contribution in [0.15, 0.2) is 42.5 Å². The summed E-state index contributed by atoms with van der Waals surface area (Å²) in [4.78, 5) is 13.2. The van der Waals surface area contributed by atoms with Crippen LogP contribution in [0, 0.1) is 11.6 Å². The van der Waals surface area contributed by atoms with E-state index in [0.717, 1.165) is 16.8 Å². The Hall–Kier alpha value is -3.84. The number of hydrogen-bond donors (Lipinski definition) is 3. The number of nitrogens with zero attached hydrogens (tertiary/aromatic N) is 2. The van der Waals surface area contributed by atoms with Gasteiger partial charge in [0.05, 0.1) is 29.3 Å². The molecule has 0 spiro atoms. The molecule has 3 aromatic carbocycles. The third-order valence-corrected chi connectivity index (χ3v) is 6.90. The van der Waals surface area contributed by atoms with Crippen molar-refractivity contribution in [3.8, 4) is 0 Å². The van der Waals surface area contributed by atoms with Gasteiger partial charge in [0.15, 0.2) is 6.23 Å². The second-order valence-corrected chi connectivity index (χ2v) is 9.57. The van der Waals surface area contributed by atoms with E-state index in [1.165, 1.54) is 19.2 Å². The van der Waals surface area contributed by atoms with Crippen molar-refractivity contribution < 1.29 is 40.6 Å². The summed E-state index contributed by atoms with van der Waals surface area (Å²) in [7, 11) is 1.39. The van der Waals surface area contributed by atoms with Gasteiger partial charge in [0.25, 0.3) is 5.91 Å². The summed E-state index contributed by atoms with van der Waals surface area (Å²) in [5.41, 5.74) is -1.77. The van der Waals surface area contributed by atoms with Crippen LogP contribution in [0.5, 0.6) is 0 Å². The summed E-state index contributed by atoms with van der Waals surface area (Å²) < 4.78 is 95.9. The number of aromatic nitrogens is 2. The summed E-state index contributed by atoms with van der Waals surface area (Å²) in [5, 5.41) is 20.5. The van der Waals surface area contributed by atoms with Crippen molar-refractivity contribution in [1.82, 2.24) is 15.1 Å². The zero-order chi connectivity index (χ0) is 29.1. The van der Waals surface area contributed by atoms with Gasteiger partial charge in [-0.2, -0.15) is 18.3 Å². The van der Waals surface area contributed by atoms with Gasteiger partial charge in [0.1, 0.15) is 17.2 Å². The zero-order valence-electron chi connectivity index (χ0n) is 20.3. The molecule has 1 aromatic heterocycles. The summed E-state index contributed by atoms with van der Waals surface area (Å²) in [6.07, 6.45) is -10.4. The Kier molecular flexibility index (Phi) is 6.91. The standard InChI is InChI=1S/C26H18ClF7N4O2/c1-38-18(9-19(30)31)15-8-17(35-24(39)10-4-11(26(32,33)34)6-13(29)5-10)20-21(23(15)37-38)25(40)36-22(20)14-7-12(28)2-3-16(14)27/h2-8,19,22,24,35,39H,9H2,1H3,(H,36,40). The van der Waals surface area contributed by atoms with Crippen molar-refractivity contribution in [1.29, 1.82) is 0 Å². The van der Waals surface area contributed by atoms with E-state index in [9.17, 15) is 40.6 Å². The Morgan fingerprint density at radius 2 is 1.85 bits per heavy atom. The van der Waals surface area contributed by atoms with Crippen LogP contribution in [0.1, 0.15) is 50.6 Å². The molecule has 210 valence electrons. The quantitative estimate of drug-likeness (QED) is 0.184. The van der Waals surface area contributed by atoms with E-state index in [1.54, 1.807) is 0 Å². The number of benzene rings is 3. The molecule has 2 heterocycles. The van der Waals surface area contributed by atoms with Crippen molar-refractivity contribution in [3.05, 3.63) is 92.6 Å². The second-order valence-electron chi connectivity index (χ2n) is 9.16. The number of nitrogens with one attached hydrogen (secondary N) is 2. The van der Waals surface area contributed by atoms with Crippen LogP contribution < -0.4 is 10.6 Å². The number of aliphatic hydroxyl groups excluding tert-OH is 1. The van der Waals surface area contributed by atoms with Crippen molar-refractivity contribution >= 4 is 34.1 Å². The van der Waals surface area contributed by atoms with Crippen LogP contribution >= 0.6 is 11.6 Å². The molecule has 14 heteroatoms. The molecule has 1 aliphatic heterocycles. The highest BCUT2D eigenvalue weighted by molar-refractivity contribution is 6.31. The lowest BCUT2D eigenvalue weighted by atomic mass is 9.93. The first-order valence-corrected chi connectivity index (χ1v) is 12.0. The van der Waals surface area contributed by atoms with Gasteiger partial charge in [-0.1, -0.05) is 11.6 Å². The van der Waals surface area contributed by atoms with Gasteiger partial charge in [0, 0.05) is 39.8 Å². The van der Waals surface area contributed by atoms with Crippen LogP contribution in [0.4, 0.5) is 36.4 Å². The highest BCUT2D eigenvalue weighted by Gasteiger charge is 2.38. The molecule has 2 atom stereocenters. The Bertz CT molecular complexity index is 1650. The highest BCUT2D eigenvalue weighted by Crippen LogP contribution is 2.44. The van der Waals surface area contributed by atoms with Crippen molar-refractivity contribution in [2.24, 2.45) is 7.05 Å². The number of halogens is 8. The van der Waals surface area contributed by atoms with E-state index in [4.69, 9.17) is 11.6 Å². The van der Waals surface area contributed by atoms with Gasteiger partial charge < -0.3 is 15.7 Å². The SMILES string of the molecule is Cn1nc2c3c(c(NC(O)c4cc(F)cc(C(F)(F)F)c4)cc2c1CC(F)F)C(c1cc(F)ccc1Cl)NC3=O. The summed E-state index contributed by atoms with van der Waals surface area (Å²) in [6.45, 7) is 0. The number of carbonyl (C=O) groups is 1. The third kappa shape index (κ3) is 4.94. The monoisotopic (exact) mass is 586 g/mol. The van der Waals surface area contributed by atoms with Crippen LogP contribution in [0.25, 0.3) is 10.9 Å². The smallest absolute Gasteiger partial charge is 0.369 e. The fraction of sp³-hybridized carbons (Fsp3) is 0.231. The molecule has 4 aromatic rings. The molecule has 1 amide bonds. The first-order chi connectivity index (χ1) is 18.7. The molecule has 1 aliphatic rings. The molecule has 0 saturated carbocycles. The molecule has 40 heavy (non-hydrogen) atoms. The Morgan fingerprint density at radius 1 is 1.12 bits per heavy atom. The average Bonchev–Trinajstić information content (AvgIpc) is 3.36. The third-order valence-electron chi connectivity index (χ3n) is 6.55. The summed E-state index contributed by atoms with van der Waals surface area (Å²) >= 11 is 6.29. The van der Waals surface area contributed by atoms with Crippen LogP contribution in [-0.4, -0.2) is 27.2 Å². The van der Waals surface area contributed by atoms with Gasteiger partial charge in [-0.25, -0.2) is 17.6 Å². The van der Waals surface area contributed by atoms with Gasteiger partial charge in [-0.3, -0.25) is 9.48 Å². The average molecular weight is 587 g/mol. The maximum Gasteiger partial charge on any atom is 0.416 e. The van der Waals surface area contributed by atoms with Crippen LogP contribution in [-0.2, 0) is 19.6 Å². The van der Waals surface area contributed by atoms with E-state index >= 15 is 0 Å². The first-order valence-electron chi connectivity index (χ1n) is 11.6. The molecular weight excluding hydrogens is 569 g/mol. The molecule has 3 N–H and O–H groups in total. The number of aryl methyl sites for hydroxylation is 1. The minimum Gasteiger partial charge on any atom is -0.369 e. The van der Waals surface area contributed by atoms with E-state index in [0.29, 0.717) is 12.1 Å². The zero-order valence-corrected chi connectivity index (χ0v) is 21.0. The maximum atomic E-state index is 14.2. The fourth-order valence-corrected chi connectivity index (χ4v) is 5.07. The largest absolute Gasteiger partial charge is 0.416 e. The number of fused-ring (bicyclic) bond motifs is 3. The minimum atomic E-state index is -4.91. The molecule has 5 rings (SSSR count). The molecule has 0 radical (unpaired) electrons. The van der Waals surface area contributed by atoms with Gasteiger partial charge in [-0.05, 0) is 42.5 Å². The minimum absolute atomic E-state index is 0.0332. The first kappa shape index (κ1) is 27.7. The Labute approximate surface area is 226 Å². The topological polar surface area (TPSA) is 79.2 Å². The number of anilines is 1. The van der Waals surface area contributed by atoms with E-state index in [1.807, 2.05) is 0 Å². The highest BCUT2D eigenvalue weighted by atomic mass is 35.5. The van der Waals surface area contributed by atoms with Gasteiger partial charge >= 0.3 is 6.18 Å². The molecule has 0 fully saturated rings. The number of amides is 1. The van der Waals surface area contributed by atoms with Gasteiger partial charge in [0.2, 0.25) is 6.43 Å². The molecule has 0 aliphatic carbocycles. The number of rotatable bonds is 6. The lowest BCUT2D eigenvalue weighted by Crippen LogP contribution is -2.21. The Morgan fingerprint density at radius 3 is 2.52 bits per heavy atom. The predicted octanol–water partition coefficient (Wildman–Crippen LogP) is 6.27. The van der Waals surface area contributed by atoms with E-state index in [2.05, 4.69) is 15.7 Å². The number of carbonyl (C=O) groups excluding carboxylic acids is 1. The predicted molar refractivity (Wildman–Crippen MR) is 131 cm³/mol.